The third kappa shape index (κ3) is 6.35. The van der Waals surface area contributed by atoms with Gasteiger partial charge in [-0.3, -0.25) is 4.79 Å². The number of para-hydroxylation sites is 1. The van der Waals surface area contributed by atoms with Gasteiger partial charge in [0.15, 0.2) is 5.78 Å². The van der Waals surface area contributed by atoms with Gasteiger partial charge >= 0.3 is 0 Å². The molecule has 3 rings (SSSR count). The lowest BCUT2D eigenvalue weighted by atomic mass is 10.1. The molecule has 1 fully saturated rings. The first-order valence-corrected chi connectivity index (χ1v) is 11.0. The fourth-order valence-corrected chi connectivity index (χ4v) is 3.79. The molecule has 0 bridgehead atoms. The minimum Gasteiger partial charge on any atom is -0.490 e. The Morgan fingerprint density at radius 1 is 1.17 bits per heavy atom. The highest BCUT2D eigenvalue weighted by Crippen LogP contribution is 2.28. The van der Waals surface area contributed by atoms with E-state index in [1.165, 1.54) is 0 Å². The number of benzene rings is 2. The minimum atomic E-state index is -0.637. The maximum atomic E-state index is 12.0. The summed E-state index contributed by atoms with van der Waals surface area (Å²) in [5.41, 5.74) is 0.562. The summed E-state index contributed by atoms with van der Waals surface area (Å²) in [7, 11) is 0. The van der Waals surface area contributed by atoms with Crippen molar-refractivity contribution in [3.63, 3.8) is 0 Å². The molecule has 162 valence electrons. The van der Waals surface area contributed by atoms with Gasteiger partial charge in [0.2, 0.25) is 0 Å². The van der Waals surface area contributed by atoms with Gasteiger partial charge in [-0.15, -0.1) is 0 Å². The average Bonchev–Trinajstić information content (AvgIpc) is 2.76. The molecule has 2 aromatic carbocycles. The van der Waals surface area contributed by atoms with E-state index in [1.54, 1.807) is 24.3 Å². The number of β-amino-alcohol motifs (C(OH)–C–C–N with tert-alkyl or cyclic N) is 1. The highest BCUT2D eigenvalue weighted by molar-refractivity contribution is 6.42. The van der Waals surface area contributed by atoms with Crippen LogP contribution < -0.4 is 9.47 Å². The van der Waals surface area contributed by atoms with Gasteiger partial charge in [-0.2, -0.15) is 0 Å². The summed E-state index contributed by atoms with van der Waals surface area (Å²) >= 11 is 12.0. The van der Waals surface area contributed by atoms with E-state index in [1.807, 2.05) is 25.1 Å². The number of hydrogen-bond acceptors (Lipinski definition) is 5. The molecule has 1 aliphatic heterocycles. The van der Waals surface area contributed by atoms with E-state index in [0.717, 1.165) is 31.7 Å². The van der Waals surface area contributed by atoms with Crippen molar-refractivity contribution < 1.29 is 19.4 Å². The number of ketones is 1. The van der Waals surface area contributed by atoms with E-state index in [-0.39, 0.29) is 18.5 Å². The Labute approximate surface area is 187 Å². The van der Waals surface area contributed by atoms with E-state index in [0.29, 0.717) is 34.3 Å². The standard InChI is InChI=1S/C23H27Cl2NO4/c1-2-22(28)19-5-3-4-6-23(19)29-15-16(27)14-26-11-9-17(10-12-26)30-18-7-8-20(24)21(25)13-18/h3-8,13,16-17,27H,2,9-12,14-15H2,1H3. The molecule has 0 radical (unpaired) electrons. The van der Waals surface area contributed by atoms with Gasteiger partial charge in [0.25, 0.3) is 0 Å². The molecule has 0 spiro atoms. The molecule has 0 saturated carbocycles. The van der Waals surface area contributed by atoms with Crippen molar-refractivity contribution in [1.82, 2.24) is 4.90 Å². The van der Waals surface area contributed by atoms with Crippen LogP contribution in [0.5, 0.6) is 11.5 Å². The number of nitrogens with zero attached hydrogens (tertiary/aromatic N) is 1. The van der Waals surface area contributed by atoms with Crippen LogP contribution in [0.3, 0.4) is 0 Å². The topological polar surface area (TPSA) is 59.0 Å². The summed E-state index contributed by atoms with van der Waals surface area (Å²) in [6.45, 7) is 4.14. The number of aliphatic hydroxyl groups excluding tert-OH is 1. The molecule has 1 aliphatic rings. The summed E-state index contributed by atoms with van der Waals surface area (Å²) in [6.07, 6.45) is 1.62. The number of ether oxygens (including phenoxy) is 2. The number of carbonyl (C=O) groups is 1. The van der Waals surface area contributed by atoms with Crippen molar-refractivity contribution in [3.8, 4) is 11.5 Å². The third-order valence-electron chi connectivity index (χ3n) is 5.14. The Morgan fingerprint density at radius 3 is 2.60 bits per heavy atom. The van der Waals surface area contributed by atoms with Crippen molar-refractivity contribution in [2.45, 2.75) is 38.4 Å². The van der Waals surface area contributed by atoms with Crippen molar-refractivity contribution in [2.75, 3.05) is 26.2 Å². The minimum absolute atomic E-state index is 0.0316. The summed E-state index contributed by atoms with van der Waals surface area (Å²) in [6, 6.07) is 12.5. The van der Waals surface area contributed by atoms with Gasteiger partial charge in [0.1, 0.15) is 30.3 Å². The molecule has 1 saturated heterocycles. The highest BCUT2D eigenvalue weighted by Gasteiger charge is 2.23. The molecule has 2 aromatic rings. The number of likely N-dealkylation sites (tertiary alicyclic amines) is 1. The zero-order valence-corrected chi connectivity index (χ0v) is 18.5. The van der Waals surface area contributed by atoms with Gasteiger partial charge in [0, 0.05) is 32.1 Å². The molecule has 0 aromatic heterocycles. The van der Waals surface area contributed by atoms with Gasteiger partial charge < -0.3 is 19.5 Å². The van der Waals surface area contributed by atoms with Crippen molar-refractivity contribution in [3.05, 3.63) is 58.1 Å². The predicted octanol–water partition coefficient (Wildman–Crippen LogP) is 4.87. The fourth-order valence-electron chi connectivity index (χ4n) is 3.50. The molecular weight excluding hydrogens is 425 g/mol. The van der Waals surface area contributed by atoms with Gasteiger partial charge in [0.05, 0.1) is 15.6 Å². The van der Waals surface area contributed by atoms with Crippen LogP contribution in [0.1, 0.15) is 36.5 Å². The number of piperidine rings is 1. The molecule has 5 nitrogen and oxygen atoms in total. The number of aliphatic hydroxyl groups is 1. The normalized spacial score (nSPS) is 16.3. The third-order valence-corrected chi connectivity index (χ3v) is 5.88. The van der Waals surface area contributed by atoms with Crippen LogP contribution >= 0.6 is 23.2 Å². The zero-order valence-electron chi connectivity index (χ0n) is 17.0. The van der Waals surface area contributed by atoms with Crippen LogP contribution in [-0.4, -0.2) is 54.2 Å². The van der Waals surface area contributed by atoms with Crippen LogP contribution in [0.4, 0.5) is 0 Å². The summed E-state index contributed by atoms with van der Waals surface area (Å²) in [4.78, 5) is 14.2. The molecule has 7 heteroatoms. The quantitative estimate of drug-likeness (QED) is 0.551. The number of hydrogen-bond donors (Lipinski definition) is 1. The van der Waals surface area contributed by atoms with Crippen molar-refractivity contribution in [1.29, 1.82) is 0 Å². The SMILES string of the molecule is CCC(=O)c1ccccc1OCC(O)CN1CCC(Oc2ccc(Cl)c(Cl)c2)CC1. The Morgan fingerprint density at radius 2 is 1.90 bits per heavy atom. The smallest absolute Gasteiger partial charge is 0.166 e. The second kappa shape index (κ2) is 11.0. The van der Waals surface area contributed by atoms with Crippen LogP contribution in [0.15, 0.2) is 42.5 Å². The lowest BCUT2D eigenvalue weighted by Gasteiger charge is -2.33. The van der Waals surface area contributed by atoms with Crippen LogP contribution in [0, 0.1) is 0 Å². The number of carbonyl (C=O) groups excluding carboxylic acids is 1. The fraction of sp³-hybridized carbons (Fsp3) is 0.435. The average molecular weight is 452 g/mol. The molecule has 0 aliphatic carbocycles. The van der Waals surface area contributed by atoms with Gasteiger partial charge in [-0.1, -0.05) is 42.3 Å². The molecule has 30 heavy (non-hydrogen) atoms. The maximum absolute atomic E-state index is 12.0. The van der Waals surface area contributed by atoms with Crippen LogP contribution in [0.2, 0.25) is 10.0 Å². The molecule has 0 amide bonds. The first-order chi connectivity index (χ1) is 14.5. The summed E-state index contributed by atoms with van der Waals surface area (Å²) < 4.78 is 11.7. The predicted molar refractivity (Wildman–Crippen MR) is 119 cm³/mol. The van der Waals surface area contributed by atoms with E-state index in [4.69, 9.17) is 32.7 Å². The molecule has 1 heterocycles. The summed E-state index contributed by atoms with van der Waals surface area (Å²) in [5.74, 6) is 1.28. The molecule has 1 N–H and O–H groups in total. The Balaban J connectivity index is 1.43. The largest absolute Gasteiger partial charge is 0.490 e. The second-order valence-corrected chi connectivity index (χ2v) is 8.25. The second-order valence-electron chi connectivity index (χ2n) is 7.43. The zero-order chi connectivity index (χ0) is 21.5. The Hall–Kier alpha value is -1.79. The monoisotopic (exact) mass is 451 g/mol. The first kappa shape index (κ1) is 22.9. The molecule has 1 atom stereocenters. The maximum Gasteiger partial charge on any atom is 0.166 e. The van der Waals surface area contributed by atoms with E-state index in [9.17, 15) is 9.90 Å². The highest BCUT2D eigenvalue weighted by atomic mass is 35.5. The lowest BCUT2D eigenvalue weighted by Crippen LogP contribution is -2.43. The lowest BCUT2D eigenvalue weighted by molar-refractivity contribution is 0.0399. The van der Waals surface area contributed by atoms with Crippen molar-refractivity contribution in [2.24, 2.45) is 0 Å². The van der Waals surface area contributed by atoms with E-state index < -0.39 is 6.10 Å². The molecule has 1 unspecified atom stereocenters. The van der Waals surface area contributed by atoms with E-state index >= 15 is 0 Å². The van der Waals surface area contributed by atoms with Gasteiger partial charge in [-0.05, 0) is 37.1 Å². The van der Waals surface area contributed by atoms with Crippen LogP contribution in [-0.2, 0) is 0 Å². The number of Topliss-reactive ketones (excluding diaryl/α,β-unsaturated/α-hetero) is 1. The number of rotatable bonds is 9. The number of halogens is 2. The molecular formula is C23H27Cl2NO4. The Kier molecular flexibility index (Phi) is 8.40. The van der Waals surface area contributed by atoms with Gasteiger partial charge in [-0.25, -0.2) is 0 Å². The summed E-state index contributed by atoms with van der Waals surface area (Å²) in [5, 5.41) is 11.4. The van der Waals surface area contributed by atoms with Crippen LogP contribution in [0.25, 0.3) is 0 Å². The first-order valence-electron chi connectivity index (χ1n) is 10.2. The van der Waals surface area contributed by atoms with E-state index in [2.05, 4.69) is 4.90 Å². The van der Waals surface area contributed by atoms with Crippen molar-refractivity contribution >= 4 is 29.0 Å². The Bertz CT molecular complexity index is 853.